The number of nitrogen functional groups attached to an aromatic ring is 1. The molecule has 0 fully saturated rings. The molecule has 0 unspecified atom stereocenters. The van der Waals surface area contributed by atoms with Crippen LogP contribution in [0.15, 0.2) is 35.8 Å². The molecule has 2 aromatic rings. The van der Waals surface area contributed by atoms with Gasteiger partial charge in [-0.1, -0.05) is 0 Å². The van der Waals surface area contributed by atoms with Crippen LogP contribution in [-0.4, -0.2) is 24.0 Å². The Hall–Kier alpha value is -2.08. The van der Waals surface area contributed by atoms with Gasteiger partial charge < -0.3 is 15.8 Å². The van der Waals surface area contributed by atoms with Crippen molar-refractivity contribution in [1.82, 2.24) is 10.3 Å². The molecule has 0 spiro atoms. The summed E-state index contributed by atoms with van der Waals surface area (Å²) in [5, 5.41) is 5.71. The first-order valence-corrected chi connectivity index (χ1v) is 6.75. The molecule has 0 aliphatic carbocycles. The molecule has 100 valence electrons. The lowest BCUT2D eigenvalue weighted by Gasteiger charge is -2.07. The number of amides is 1. The number of nitrogens with zero attached hydrogens (tertiary/aromatic N) is 1. The number of anilines is 1. The minimum atomic E-state index is -0.145. The normalized spacial score (nSPS) is 10.1. The molecule has 1 aromatic heterocycles. The molecule has 0 aliphatic heterocycles. The Bertz CT molecular complexity index is 511. The van der Waals surface area contributed by atoms with Gasteiger partial charge in [0.2, 0.25) is 0 Å². The summed E-state index contributed by atoms with van der Waals surface area (Å²) in [6.07, 6.45) is 2.50. The number of rotatable bonds is 6. The standard InChI is InChI=1S/C13H15N3O2S/c14-10-1-3-11(4-2-10)18-9-12(17)15-6-5-13-16-7-8-19-13/h1-4,7-8H,5-6,9,14H2,(H,15,17). The third-order valence-electron chi connectivity index (χ3n) is 2.39. The molecule has 19 heavy (non-hydrogen) atoms. The van der Waals surface area contributed by atoms with Crippen LogP contribution >= 0.6 is 11.3 Å². The Morgan fingerprint density at radius 2 is 2.16 bits per heavy atom. The van der Waals surface area contributed by atoms with E-state index in [-0.39, 0.29) is 12.5 Å². The van der Waals surface area contributed by atoms with Gasteiger partial charge in [0.15, 0.2) is 6.61 Å². The molecule has 0 atom stereocenters. The molecule has 0 saturated heterocycles. The molecular formula is C13H15N3O2S. The van der Waals surface area contributed by atoms with Gasteiger partial charge in [0.1, 0.15) is 5.75 Å². The second-order valence-electron chi connectivity index (χ2n) is 3.88. The van der Waals surface area contributed by atoms with Crippen molar-refractivity contribution >= 4 is 22.9 Å². The summed E-state index contributed by atoms with van der Waals surface area (Å²) >= 11 is 1.58. The zero-order valence-electron chi connectivity index (χ0n) is 10.3. The maximum Gasteiger partial charge on any atom is 0.257 e. The van der Waals surface area contributed by atoms with Crippen molar-refractivity contribution in [2.24, 2.45) is 0 Å². The maximum absolute atomic E-state index is 11.5. The van der Waals surface area contributed by atoms with Crippen molar-refractivity contribution in [1.29, 1.82) is 0 Å². The van der Waals surface area contributed by atoms with Crippen LogP contribution in [0.4, 0.5) is 5.69 Å². The number of ether oxygens (including phenoxy) is 1. The van der Waals surface area contributed by atoms with E-state index in [0.29, 0.717) is 18.0 Å². The van der Waals surface area contributed by atoms with Gasteiger partial charge in [0, 0.05) is 30.2 Å². The van der Waals surface area contributed by atoms with E-state index in [4.69, 9.17) is 10.5 Å². The van der Waals surface area contributed by atoms with E-state index in [1.54, 1.807) is 41.8 Å². The van der Waals surface area contributed by atoms with Crippen LogP contribution < -0.4 is 15.8 Å². The van der Waals surface area contributed by atoms with Crippen LogP contribution in [0.25, 0.3) is 0 Å². The number of hydrogen-bond acceptors (Lipinski definition) is 5. The van der Waals surface area contributed by atoms with E-state index >= 15 is 0 Å². The second-order valence-corrected chi connectivity index (χ2v) is 4.86. The number of nitrogens with two attached hydrogens (primary N) is 1. The summed E-state index contributed by atoms with van der Waals surface area (Å²) < 4.78 is 5.33. The molecule has 1 amide bonds. The average molecular weight is 277 g/mol. The van der Waals surface area contributed by atoms with Crippen molar-refractivity contribution in [3.8, 4) is 5.75 Å². The van der Waals surface area contributed by atoms with Crippen molar-refractivity contribution in [2.45, 2.75) is 6.42 Å². The molecule has 1 heterocycles. The fourth-order valence-corrected chi connectivity index (χ4v) is 2.07. The number of thiazole rings is 1. The zero-order valence-corrected chi connectivity index (χ0v) is 11.2. The van der Waals surface area contributed by atoms with Crippen LogP contribution in [0.5, 0.6) is 5.75 Å². The quantitative estimate of drug-likeness (QED) is 0.784. The summed E-state index contributed by atoms with van der Waals surface area (Å²) in [6, 6.07) is 6.93. The lowest BCUT2D eigenvalue weighted by Crippen LogP contribution is -2.30. The van der Waals surface area contributed by atoms with Crippen molar-refractivity contribution < 1.29 is 9.53 Å². The van der Waals surface area contributed by atoms with E-state index < -0.39 is 0 Å². The molecule has 0 radical (unpaired) electrons. The Kier molecular flexibility index (Phi) is 4.74. The van der Waals surface area contributed by atoms with Gasteiger partial charge in [-0.25, -0.2) is 4.98 Å². The molecule has 3 N–H and O–H groups in total. The summed E-state index contributed by atoms with van der Waals surface area (Å²) in [6.45, 7) is 0.569. The van der Waals surface area contributed by atoms with Crippen molar-refractivity contribution in [3.63, 3.8) is 0 Å². The highest BCUT2D eigenvalue weighted by molar-refractivity contribution is 7.09. The van der Waals surface area contributed by atoms with E-state index in [0.717, 1.165) is 11.4 Å². The van der Waals surface area contributed by atoms with Gasteiger partial charge in [-0.2, -0.15) is 0 Å². The minimum Gasteiger partial charge on any atom is -0.484 e. The third kappa shape index (κ3) is 4.59. The highest BCUT2D eigenvalue weighted by atomic mass is 32.1. The predicted octanol–water partition coefficient (Wildman–Crippen LogP) is 1.46. The molecule has 5 nitrogen and oxygen atoms in total. The van der Waals surface area contributed by atoms with Gasteiger partial charge >= 0.3 is 0 Å². The lowest BCUT2D eigenvalue weighted by molar-refractivity contribution is -0.123. The first-order chi connectivity index (χ1) is 9.24. The first-order valence-electron chi connectivity index (χ1n) is 5.87. The molecule has 0 aliphatic rings. The fraction of sp³-hybridized carbons (Fsp3) is 0.231. The number of nitrogens with one attached hydrogen (secondary N) is 1. The van der Waals surface area contributed by atoms with E-state index in [1.807, 2.05) is 5.38 Å². The molecule has 0 bridgehead atoms. The van der Waals surface area contributed by atoms with Crippen molar-refractivity contribution in [3.05, 3.63) is 40.8 Å². The van der Waals surface area contributed by atoms with E-state index in [9.17, 15) is 4.79 Å². The van der Waals surface area contributed by atoms with E-state index in [1.165, 1.54) is 0 Å². The topological polar surface area (TPSA) is 77.2 Å². The van der Waals surface area contributed by atoms with Crippen LogP contribution in [-0.2, 0) is 11.2 Å². The zero-order chi connectivity index (χ0) is 13.5. The van der Waals surface area contributed by atoms with Crippen molar-refractivity contribution in [2.75, 3.05) is 18.9 Å². The summed E-state index contributed by atoms with van der Waals surface area (Å²) in [4.78, 5) is 15.7. The number of benzene rings is 1. The summed E-state index contributed by atoms with van der Waals surface area (Å²) in [7, 11) is 0. The smallest absolute Gasteiger partial charge is 0.257 e. The number of carbonyl (C=O) groups is 1. The van der Waals surface area contributed by atoms with Crippen LogP contribution in [0, 0.1) is 0 Å². The minimum absolute atomic E-state index is 0.00177. The summed E-state index contributed by atoms with van der Waals surface area (Å²) in [5.41, 5.74) is 6.22. The number of aromatic nitrogens is 1. The first kappa shape index (κ1) is 13.4. The van der Waals surface area contributed by atoms with Gasteiger partial charge in [-0.3, -0.25) is 4.79 Å². The third-order valence-corrected chi connectivity index (χ3v) is 3.23. The lowest BCUT2D eigenvalue weighted by atomic mass is 10.3. The van der Waals surface area contributed by atoms with Gasteiger partial charge in [-0.05, 0) is 24.3 Å². The Labute approximate surface area is 115 Å². The van der Waals surface area contributed by atoms with Crippen LogP contribution in [0.1, 0.15) is 5.01 Å². The van der Waals surface area contributed by atoms with Gasteiger partial charge in [-0.15, -0.1) is 11.3 Å². The fourth-order valence-electron chi connectivity index (χ4n) is 1.45. The van der Waals surface area contributed by atoms with Crippen LogP contribution in [0.2, 0.25) is 0 Å². The Morgan fingerprint density at radius 1 is 1.37 bits per heavy atom. The van der Waals surface area contributed by atoms with Crippen LogP contribution in [0.3, 0.4) is 0 Å². The Morgan fingerprint density at radius 3 is 2.84 bits per heavy atom. The van der Waals surface area contributed by atoms with Gasteiger partial charge in [0.05, 0.1) is 5.01 Å². The predicted molar refractivity (Wildman–Crippen MR) is 75.2 cm³/mol. The highest BCUT2D eigenvalue weighted by Crippen LogP contribution is 2.12. The molecule has 2 rings (SSSR count). The maximum atomic E-state index is 11.5. The Balaban J connectivity index is 1.65. The molecule has 0 saturated carbocycles. The largest absolute Gasteiger partial charge is 0.484 e. The molecule has 1 aromatic carbocycles. The van der Waals surface area contributed by atoms with Gasteiger partial charge in [0.25, 0.3) is 5.91 Å². The molecular weight excluding hydrogens is 262 g/mol. The monoisotopic (exact) mass is 277 g/mol. The van der Waals surface area contributed by atoms with E-state index in [2.05, 4.69) is 10.3 Å². The highest BCUT2D eigenvalue weighted by Gasteiger charge is 2.03. The number of carbonyl (C=O) groups excluding carboxylic acids is 1. The average Bonchev–Trinajstić information content (AvgIpc) is 2.91. The summed E-state index contributed by atoms with van der Waals surface area (Å²) in [5.74, 6) is 0.484. The second kappa shape index (κ2) is 6.75. The SMILES string of the molecule is Nc1ccc(OCC(=O)NCCc2nccs2)cc1. The molecule has 6 heteroatoms. The number of hydrogen-bond donors (Lipinski definition) is 2.